The molecule has 0 radical (unpaired) electrons. The van der Waals surface area contributed by atoms with Crippen LogP contribution in [0.15, 0.2) is 18.3 Å². The highest BCUT2D eigenvalue weighted by molar-refractivity contribution is 5.71. The summed E-state index contributed by atoms with van der Waals surface area (Å²) in [6.07, 6.45) is 2.98. The first-order chi connectivity index (χ1) is 9.06. The fourth-order valence-electron chi connectivity index (χ4n) is 2.48. The van der Waals surface area contributed by atoms with Crippen molar-refractivity contribution in [1.82, 2.24) is 15.1 Å². The van der Waals surface area contributed by atoms with Crippen molar-refractivity contribution >= 4 is 0 Å². The summed E-state index contributed by atoms with van der Waals surface area (Å²) in [7, 11) is 4.00. The molecule has 1 aromatic carbocycles. The zero-order chi connectivity index (χ0) is 14.0. The van der Waals surface area contributed by atoms with Gasteiger partial charge in [0.05, 0.1) is 6.20 Å². The molecule has 2 rings (SSSR count). The first kappa shape index (κ1) is 13.8. The Labute approximate surface area is 115 Å². The topological polar surface area (TPSA) is 29.9 Å². The SMILES string of the molecule is CNCCc1c(-c2ccc(C)c(C)c2C)cnn1C. The predicted octanol–water partition coefficient (Wildman–Crippen LogP) is 2.77. The highest BCUT2D eigenvalue weighted by Crippen LogP contribution is 2.29. The van der Waals surface area contributed by atoms with E-state index in [1.165, 1.54) is 33.5 Å². The molecule has 1 N–H and O–H groups in total. The molecule has 0 saturated carbocycles. The zero-order valence-electron chi connectivity index (χ0n) is 12.5. The number of likely N-dealkylation sites (N-methyl/N-ethyl adjacent to an activating group) is 1. The summed E-state index contributed by atoms with van der Waals surface area (Å²) >= 11 is 0. The molecule has 0 aliphatic carbocycles. The monoisotopic (exact) mass is 257 g/mol. The minimum absolute atomic E-state index is 0.969. The van der Waals surface area contributed by atoms with Crippen LogP contribution < -0.4 is 5.32 Å². The largest absolute Gasteiger partial charge is 0.319 e. The van der Waals surface area contributed by atoms with Crippen molar-refractivity contribution in [3.05, 3.63) is 40.7 Å². The molecular weight excluding hydrogens is 234 g/mol. The number of aryl methyl sites for hydroxylation is 2. The zero-order valence-corrected chi connectivity index (χ0v) is 12.5. The Morgan fingerprint density at radius 1 is 1.11 bits per heavy atom. The maximum atomic E-state index is 4.43. The maximum absolute atomic E-state index is 4.43. The number of nitrogens with zero attached hydrogens (tertiary/aromatic N) is 2. The average molecular weight is 257 g/mol. The molecule has 0 fully saturated rings. The van der Waals surface area contributed by atoms with Gasteiger partial charge < -0.3 is 5.32 Å². The van der Waals surface area contributed by atoms with Crippen LogP contribution in [0.1, 0.15) is 22.4 Å². The molecule has 0 amide bonds. The standard InChI is InChI=1S/C16H23N3/c1-11-6-7-14(13(3)12(11)2)15-10-18-19(5)16(15)8-9-17-4/h6-7,10,17H,8-9H2,1-5H3. The van der Waals surface area contributed by atoms with Gasteiger partial charge in [0.25, 0.3) is 0 Å². The molecule has 1 heterocycles. The van der Waals surface area contributed by atoms with E-state index in [-0.39, 0.29) is 0 Å². The number of hydrogen-bond donors (Lipinski definition) is 1. The lowest BCUT2D eigenvalue weighted by molar-refractivity contribution is 0.682. The number of nitrogens with one attached hydrogen (secondary N) is 1. The Balaban J connectivity index is 2.50. The van der Waals surface area contributed by atoms with Crippen LogP contribution in [0.25, 0.3) is 11.1 Å². The minimum Gasteiger partial charge on any atom is -0.319 e. The minimum atomic E-state index is 0.969. The summed E-state index contributed by atoms with van der Waals surface area (Å²) in [5.41, 5.74) is 7.95. The summed E-state index contributed by atoms with van der Waals surface area (Å²) in [4.78, 5) is 0. The molecule has 3 heteroatoms. The van der Waals surface area contributed by atoms with Gasteiger partial charge in [0.15, 0.2) is 0 Å². The third-order valence-electron chi connectivity index (χ3n) is 4.02. The van der Waals surface area contributed by atoms with Crippen LogP contribution in [0.2, 0.25) is 0 Å². The smallest absolute Gasteiger partial charge is 0.0571 e. The van der Waals surface area contributed by atoms with E-state index in [0.29, 0.717) is 0 Å². The summed E-state index contributed by atoms with van der Waals surface area (Å²) in [6, 6.07) is 4.42. The second-order valence-corrected chi connectivity index (χ2v) is 5.16. The molecule has 19 heavy (non-hydrogen) atoms. The molecule has 102 valence electrons. The lowest BCUT2D eigenvalue weighted by Crippen LogP contribution is -2.13. The van der Waals surface area contributed by atoms with E-state index in [1.807, 2.05) is 25.0 Å². The summed E-state index contributed by atoms with van der Waals surface area (Å²) in [5, 5.41) is 7.63. The lowest BCUT2D eigenvalue weighted by atomic mass is 9.94. The maximum Gasteiger partial charge on any atom is 0.0571 e. The third-order valence-corrected chi connectivity index (χ3v) is 4.02. The van der Waals surface area contributed by atoms with Gasteiger partial charge in [0, 0.05) is 31.3 Å². The van der Waals surface area contributed by atoms with Crippen molar-refractivity contribution in [1.29, 1.82) is 0 Å². The predicted molar refractivity (Wildman–Crippen MR) is 80.5 cm³/mol. The van der Waals surface area contributed by atoms with Gasteiger partial charge in [0.2, 0.25) is 0 Å². The van der Waals surface area contributed by atoms with Crippen molar-refractivity contribution in [2.75, 3.05) is 13.6 Å². The number of hydrogen-bond acceptors (Lipinski definition) is 2. The molecule has 0 atom stereocenters. The molecule has 0 unspecified atom stereocenters. The van der Waals surface area contributed by atoms with E-state index in [4.69, 9.17) is 0 Å². The average Bonchev–Trinajstić information content (AvgIpc) is 2.75. The Morgan fingerprint density at radius 3 is 2.53 bits per heavy atom. The van der Waals surface area contributed by atoms with E-state index >= 15 is 0 Å². The quantitative estimate of drug-likeness (QED) is 0.912. The van der Waals surface area contributed by atoms with Gasteiger partial charge in [-0.2, -0.15) is 5.10 Å². The van der Waals surface area contributed by atoms with Crippen LogP contribution in [0.4, 0.5) is 0 Å². The van der Waals surface area contributed by atoms with Crippen LogP contribution in [0, 0.1) is 20.8 Å². The molecule has 3 nitrogen and oxygen atoms in total. The van der Waals surface area contributed by atoms with E-state index in [1.54, 1.807) is 0 Å². The molecule has 0 aliphatic heterocycles. The molecule has 0 aliphatic rings. The van der Waals surface area contributed by atoms with E-state index in [0.717, 1.165) is 13.0 Å². The Bertz CT molecular complexity index is 582. The Hall–Kier alpha value is -1.61. The van der Waals surface area contributed by atoms with Gasteiger partial charge >= 0.3 is 0 Å². The van der Waals surface area contributed by atoms with Crippen molar-refractivity contribution in [2.45, 2.75) is 27.2 Å². The van der Waals surface area contributed by atoms with Gasteiger partial charge in [-0.05, 0) is 50.1 Å². The van der Waals surface area contributed by atoms with Gasteiger partial charge in [-0.25, -0.2) is 0 Å². The molecule has 0 saturated heterocycles. The van der Waals surface area contributed by atoms with Gasteiger partial charge in [0.1, 0.15) is 0 Å². The van der Waals surface area contributed by atoms with Crippen molar-refractivity contribution in [3.8, 4) is 11.1 Å². The lowest BCUT2D eigenvalue weighted by Gasteiger charge is -2.12. The van der Waals surface area contributed by atoms with Crippen LogP contribution in [-0.2, 0) is 13.5 Å². The number of benzene rings is 1. The second-order valence-electron chi connectivity index (χ2n) is 5.16. The van der Waals surface area contributed by atoms with Crippen LogP contribution in [0.5, 0.6) is 0 Å². The summed E-state index contributed by atoms with van der Waals surface area (Å²) < 4.78 is 1.99. The molecule has 0 bridgehead atoms. The molecule has 2 aromatic rings. The Kier molecular flexibility index (Phi) is 4.05. The summed E-state index contributed by atoms with van der Waals surface area (Å²) in [5.74, 6) is 0. The van der Waals surface area contributed by atoms with E-state index < -0.39 is 0 Å². The van der Waals surface area contributed by atoms with Crippen LogP contribution in [-0.4, -0.2) is 23.4 Å². The number of aromatic nitrogens is 2. The van der Waals surface area contributed by atoms with Crippen molar-refractivity contribution in [2.24, 2.45) is 7.05 Å². The van der Waals surface area contributed by atoms with Crippen molar-refractivity contribution < 1.29 is 0 Å². The van der Waals surface area contributed by atoms with Crippen LogP contribution >= 0.6 is 0 Å². The summed E-state index contributed by atoms with van der Waals surface area (Å²) in [6.45, 7) is 7.53. The van der Waals surface area contributed by atoms with Gasteiger partial charge in [-0.1, -0.05) is 12.1 Å². The van der Waals surface area contributed by atoms with E-state index in [2.05, 4.69) is 43.3 Å². The van der Waals surface area contributed by atoms with Crippen molar-refractivity contribution in [3.63, 3.8) is 0 Å². The fraction of sp³-hybridized carbons (Fsp3) is 0.438. The first-order valence-electron chi connectivity index (χ1n) is 6.79. The second kappa shape index (κ2) is 5.57. The highest BCUT2D eigenvalue weighted by Gasteiger charge is 2.13. The number of rotatable bonds is 4. The Morgan fingerprint density at radius 2 is 1.84 bits per heavy atom. The normalized spacial score (nSPS) is 11.0. The molecule has 1 aromatic heterocycles. The fourth-order valence-corrected chi connectivity index (χ4v) is 2.48. The molecular formula is C16H23N3. The highest BCUT2D eigenvalue weighted by atomic mass is 15.3. The molecule has 0 spiro atoms. The van der Waals surface area contributed by atoms with Gasteiger partial charge in [-0.3, -0.25) is 4.68 Å². The van der Waals surface area contributed by atoms with Gasteiger partial charge in [-0.15, -0.1) is 0 Å². The third kappa shape index (κ3) is 2.56. The van der Waals surface area contributed by atoms with E-state index in [9.17, 15) is 0 Å². The van der Waals surface area contributed by atoms with Crippen LogP contribution in [0.3, 0.4) is 0 Å². The first-order valence-corrected chi connectivity index (χ1v) is 6.79.